The molecule has 0 radical (unpaired) electrons. The molecular weight excluding hydrogens is 464 g/mol. The summed E-state index contributed by atoms with van der Waals surface area (Å²) in [4.78, 5) is 27.8. The minimum Gasteiger partial charge on any atom is -0.505 e. The molecule has 0 unspecified atom stereocenters. The van der Waals surface area contributed by atoms with Crippen molar-refractivity contribution in [2.75, 3.05) is 11.4 Å². The Hall–Kier alpha value is -4.13. The van der Waals surface area contributed by atoms with Gasteiger partial charge < -0.3 is 19.1 Å². The molecule has 1 aliphatic heterocycles. The van der Waals surface area contributed by atoms with Crippen LogP contribution >= 0.6 is 0 Å². The van der Waals surface area contributed by atoms with E-state index >= 15 is 0 Å². The number of nitrogens with zero attached hydrogens (tertiary/aromatic N) is 3. The molecule has 0 atom stereocenters. The number of aromatic hydroxyl groups is 1. The summed E-state index contributed by atoms with van der Waals surface area (Å²) in [6, 6.07) is 21.1. The third kappa shape index (κ3) is 4.57. The Morgan fingerprint density at radius 3 is 2.24 bits per heavy atom. The highest BCUT2D eigenvalue weighted by Crippen LogP contribution is 2.40. The number of nitrogens with one attached hydrogen (secondary N) is 1. The van der Waals surface area contributed by atoms with Gasteiger partial charge in [0.2, 0.25) is 11.5 Å². The van der Waals surface area contributed by atoms with Crippen molar-refractivity contribution in [2.45, 2.75) is 52.1 Å². The normalized spacial score (nSPS) is 14.0. The van der Waals surface area contributed by atoms with Gasteiger partial charge in [0, 0.05) is 24.1 Å². The number of phenolic OH excluding ortho intramolecular Hbond substituents is 1. The summed E-state index contributed by atoms with van der Waals surface area (Å²) < 4.78 is 3.63. The number of anilines is 1. The number of amides is 1. The zero-order valence-corrected chi connectivity index (χ0v) is 21.5. The van der Waals surface area contributed by atoms with Crippen molar-refractivity contribution in [2.24, 2.45) is 0 Å². The molecule has 1 fully saturated rings. The fourth-order valence-corrected chi connectivity index (χ4v) is 5.08. The van der Waals surface area contributed by atoms with Crippen LogP contribution in [0.15, 0.2) is 66.7 Å². The fourth-order valence-electron chi connectivity index (χ4n) is 5.08. The number of para-hydroxylation sites is 2. The van der Waals surface area contributed by atoms with E-state index < -0.39 is 5.41 Å². The fraction of sp³-hybridized carbons (Fsp3) is 0.300. The van der Waals surface area contributed by atoms with E-state index in [1.54, 1.807) is 21.6 Å². The van der Waals surface area contributed by atoms with Crippen LogP contribution in [0.4, 0.5) is 5.69 Å². The predicted octanol–water partition coefficient (Wildman–Crippen LogP) is 4.98. The van der Waals surface area contributed by atoms with Gasteiger partial charge in [-0.05, 0) is 41.7 Å². The maximum atomic E-state index is 13.7. The van der Waals surface area contributed by atoms with E-state index in [-0.39, 0.29) is 29.6 Å². The number of hydrogen-bond acceptors (Lipinski definition) is 4. The average Bonchev–Trinajstić information content (AvgIpc) is 3.41. The summed E-state index contributed by atoms with van der Waals surface area (Å²) in [6.45, 7) is 6.93. The molecule has 4 aromatic rings. The molecule has 2 N–H and O–H groups in total. The number of fused-ring (bicyclic) bond motifs is 1. The number of carbonyl (C=O) groups is 2. The van der Waals surface area contributed by atoms with Crippen molar-refractivity contribution in [3.8, 4) is 5.75 Å². The van der Waals surface area contributed by atoms with Crippen LogP contribution in [0.2, 0.25) is 0 Å². The van der Waals surface area contributed by atoms with E-state index in [0.717, 1.165) is 23.0 Å². The third-order valence-electron chi connectivity index (χ3n) is 7.04. The first-order valence-electron chi connectivity index (χ1n) is 12.6. The highest BCUT2D eigenvalue weighted by Gasteiger charge is 2.30. The number of Topliss-reactive ketones (excluding diaryl/α,β-unsaturated/α-hetero) is 1. The molecule has 1 aromatic heterocycles. The maximum Gasteiger partial charge on any atom is 0.227 e. The lowest BCUT2D eigenvalue weighted by Gasteiger charge is -2.26. The minimum atomic E-state index is -0.433. The van der Waals surface area contributed by atoms with Gasteiger partial charge in [0.15, 0.2) is 5.78 Å². The number of phenols is 1. The number of aromatic nitrogens is 2. The molecule has 7 nitrogen and oxygen atoms in total. The Morgan fingerprint density at radius 2 is 1.62 bits per heavy atom. The molecule has 2 heterocycles. The second-order valence-corrected chi connectivity index (χ2v) is 10.7. The van der Waals surface area contributed by atoms with E-state index in [2.05, 4.69) is 0 Å². The second kappa shape index (κ2) is 9.39. The Morgan fingerprint density at radius 1 is 0.973 bits per heavy atom. The molecule has 190 valence electrons. The molecule has 1 aliphatic rings. The number of carbonyl (C=O) groups excluding carboxylic acids is 2. The molecule has 1 amide bonds. The number of ketones is 1. The van der Waals surface area contributed by atoms with Crippen LogP contribution in [0.3, 0.4) is 0 Å². The van der Waals surface area contributed by atoms with Gasteiger partial charge in [-0.15, -0.1) is 0 Å². The third-order valence-corrected chi connectivity index (χ3v) is 7.04. The molecule has 0 spiro atoms. The molecular formula is C30H32N4O3. The largest absolute Gasteiger partial charge is 0.505 e. The topological polar surface area (TPSA) is 91.3 Å². The molecule has 0 bridgehead atoms. The average molecular weight is 497 g/mol. The molecule has 1 saturated heterocycles. The lowest BCUT2D eigenvalue weighted by Crippen LogP contribution is -2.28. The van der Waals surface area contributed by atoms with Gasteiger partial charge in [-0.1, -0.05) is 63.2 Å². The lowest BCUT2D eigenvalue weighted by atomic mass is 9.84. The zero-order valence-electron chi connectivity index (χ0n) is 21.5. The summed E-state index contributed by atoms with van der Waals surface area (Å²) in [5.74, 6) is -0.182. The summed E-state index contributed by atoms with van der Waals surface area (Å²) >= 11 is 0. The summed E-state index contributed by atoms with van der Waals surface area (Å²) in [5, 5.41) is 20.0. The van der Waals surface area contributed by atoms with Crippen molar-refractivity contribution < 1.29 is 14.7 Å². The minimum absolute atomic E-state index is 0.0249. The molecule has 3 aromatic carbocycles. The first kappa shape index (κ1) is 24.6. The Balaban J connectivity index is 1.57. The Kier molecular flexibility index (Phi) is 6.23. The van der Waals surface area contributed by atoms with Gasteiger partial charge >= 0.3 is 0 Å². The van der Waals surface area contributed by atoms with Crippen LogP contribution in [0.5, 0.6) is 5.75 Å². The summed E-state index contributed by atoms with van der Waals surface area (Å²) in [7, 11) is 0. The van der Waals surface area contributed by atoms with Crippen LogP contribution in [-0.2, 0) is 23.3 Å². The quantitative estimate of drug-likeness (QED) is 0.369. The van der Waals surface area contributed by atoms with Crippen molar-refractivity contribution in [1.29, 1.82) is 5.41 Å². The Bertz CT molecular complexity index is 1560. The standard InChI is InChI=1S/C30H32N4O3/c1-30(2,3)22-16-21(17-25(28(22)37)32-15-9-14-27(32)36)26(35)19-34-24-13-8-7-12-23(24)33(29(34)31)18-20-10-5-4-6-11-20/h4-8,10-13,16-17,31,37H,9,14-15,18-19H2,1-3H3. The van der Waals surface area contributed by atoms with E-state index in [1.807, 2.05) is 79.9 Å². The van der Waals surface area contributed by atoms with Crippen molar-refractivity contribution >= 4 is 28.4 Å². The summed E-state index contributed by atoms with van der Waals surface area (Å²) in [5.41, 5.74) is 4.00. The first-order chi connectivity index (χ1) is 17.6. The number of imidazole rings is 1. The van der Waals surface area contributed by atoms with Crippen molar-refractivity contribution in [1.82, 2.24) is 9.13 Å². The second-order valence-electron chi connectivity index (χ2n) is 10.7. The van der Waals surface area contributed by atoms with Crippen LogP contribution < -0.4 is 10.5 Å². The molecule has 37 heavy (non-hydrogen) atoms. The highest BCUT2D eigenvalue weighted by atomic mass is 16.3. The summed E-state index contributed by atoms with van der Waals surface area (Å²) in [6.07, 6.45) is 1.15. The van der Waals surface area contributed by atoms with Gasteiger partial charge in [0.25, 0.3) is 0 Å². The molecule has 5 rings (SSSR count). The monoisotopic (exact) mass is 496 g/mol. The first-order valence-corrected chi connectivity index (χ1v) is 12.6. The van der Waals surface area contributed by atoms with E-state index in [4.69, 9.17) is 5.41 Å². The number of hydrogen-bond donors (Lipinski definition) is 2. The van der Waals surface area contributed by atoms with Crippen LogP contribution in [-0.4, -0.2) is 32.5 Å². The lowest BCUT2D eigenvalue weighted by molar-refractivity contribution is -0.117. The smallest absolute Gasteiger partial charge is 0.227 e. The van der Waals surface area contributed by atoms with Gasteiger partial charge in [0.1, 0.15) is 5.75 Å². The number of benzene rings is 3. The zero-order chi connectivity index (χ0) is 26.3. The Labute approximate surface area is 216 Å². The van der Waals surface area contributed by atoms with Crippen molar-refractivity contribution in [3.05, 3.63) is 89.0 Å². The van der Waals surface area contributed by atoms with Gasteiger partial charge in [0.05, 0.1) is 29.8 Å². The van der Waals surface area contributed by atoms with Crippen LogP contribution in [0.25, 0.3) is 11.0 Å². The van der Waals surface area contributed by atoms with Gasteiger partial charge in [-0.2, -0.15) is 0 Å². The molecule has 0 saturated carbocycles. The van der Waals surface area contributed by atoms with Gasteiger partial charge in [-0.25, -0.2) is 0 Å². The number of rotatable bonds is 6. The van der Waals surface area contributed by atoms with E-state index in [0.29, 0.717) is 36.3 Å². The van der Waals surface area contributed by atoms with Crippen molar-refractivity contribution in [3.63, 3.8) is 0 Å². The predicted molar refractivity (Wildman–Crippen MR) is 144 cm³/mol. The van der Waals surface area contributed by atoms with Crippen LogP contribution in [0.1, 0.15) is 55.1 Å². The molecule has 7 heteroatoms. The van der Waals surface area contributed by atoms with Crippen LogP contribution in [0, 0.1) is 5.41 Å². The van der Waals surface area contributed by atoms with Gasteiger partial charge in [-0.3, -0.25) is 15.0 Å². The van der Waals surface area contributed by atoms with E-state index in [1.165, 1.54) is 0 Å². The maximum absolute atomic E-state index is 13.7. The SMILES string of the molecule is CC(C)(C)c1cc(C(=O)Cn2c(=N)n(Cc3ccccc3)c3ccccc32)cc(N2CCCC2=O)c1O. The highest BCUT2D eigenvalue weighted by molar-refractivity contribution is 6.02. The molecule has 0 aliphatic carbocycles. The van der Waals surface area contributed by atoms with E-state index in [9.17, 15) is 14.7 Å².